The number of aromatic nitrogens is 2. The number of hydrogen-bond donors (Lipinski definition) is 3. The highest BCUT2D eigenvalue weighted by atomic mass is 32.2. The van der Waals surface area contributed by atoms with Crippen LogP contribution in [0.4, 0.5) is 6.01 Å². The standard InChI is InChI=1S/C14H14N6O6S/c1-3-5-4-27-12-7(11(22)20(12)8(5)13(23)24)16-10(21)6(18-25-2)9-17-14(15)26-19-9/h3,7,12H,1,4H2,2H3,(H,16,21)(H,23,24)(H2,15,17,19)/t7?,12-/m0/s1. The number of allylic oxidation sites excluding steroid dienone is 1. The predicted octanol–water partition coefficient (Wildman–Crippen LogP) is -1.07. The molecule has 2 amide bonds. The summed E-state index contributed by atoms with van der Waals surface area (Å²) in [5.74, 6) is -2.48. The Balaban J connectivity index is 1.80. The Bertz CT molecular complexity index is 892. The van der Waals surface area contributed by atoms with Gasteiger partial charge in [-0.15, -0.1) is 11.8 Å². The quantitative estimate of drug-likeness (QED) is 0.306. The van der Waals surface area contributed by atoms with Gasteiger partial charge in [-0.1, -0.05) is 23.0 Å². The van der Waals surface area contributed by atoms with Crippen LogP contribution >= 0.6 is 11.8 Å². The van der Waals surface area contributed by atoms with Crippen LogP contribution < -0.4 is 11.1 Å². The summed E-state index contributed by atoms with van der Waals surface area (Å²) < 4.78 is 4.60. The molecule has 12 nitrogen and oxygen atoms in total. The summed E-state index contributed by atoms with van der Waals surface area (Å²) in [5.41, 5.74) is 5.29. The largest absolute Gasteiger partial charge is 0.477 e. The van der Waals surface area contributed by atoms with Gasteiger partial charge in [-0.2, -0.15) is 4.98 Å². The summed E-state index contributed by atoms with van der Waals surface area (Å²) in [7, 11) is 1.21. The van der Waals surface area contributed by atoms with Gasteiger partial charge in [0.15, 0.2) is 0 Å². The fourth-order valence-electron chi connectivity index (χ4n) is 2.62. The number of carboxylic acid groups (broad SMARTS) is 1. The first kappa shape index (κ1) is 18.4. The maximum atomic E-state index is 12.5. The van der Waals surface area contributed by atoms with E-state index in [9.17, 15) is 19.5 Å². The Kier molecular flexibility index (Phi) is 4.85. The Hall–Kier alpha value is -3.35. The Morgan fingerprint density at radius 3 is 2.89 bits per heavy atom. The van der Waals surface area contributed by atoms with E-state index < -0.39 is 29.2 Å². The minimum Gasteiger partial charge on any atom is -0.477 e. The molecular weight excluding hydrogens is 380 g/mol. The van der Waals surface area contributed by atoms with Crippen molar-refractivity contribution >= 4 is 41.3 Å². The van der Waals surface area contributed by atoms with E-state index in [0.717, 1.165) is 4.90 Å². The lowest BCUT2D eigenvalue weighted by Crippen LogP contribution is -2.71. The van der Waals surface area contributed by atoms with Crippen molar-refractivity contribution in [2.45, 2.75) is 11.4 Å². The lowest BCUT2D eigenvalue weighted by atomic mass is 10.0. The summed E-state index contributed by atoms with van der Waals surface area (Å²) in [6.45, 7) is 3.57. The van der Waals surface area contributed by atoms with E-state index in [0.29, 0.717) is 11.3 Å². The molecule has 2 aliphatic heterocycles. The molecule has 1 fully saturated rings. The number of oxime groups is 1. The Morgan fingerprint density at radius 1 is 1.59 bits per heavy atom. The number of nitrogens with one attached hydrogen (secondary N) is 1. The molecule has 13 heteroatoms. The highest BCUT2D eigenvalue weighted by molar-refractivity contribution is 8.00. The highest BCUT2D eigenvalue weighted by Gasteiger charge is 2.54. The van der Waals surface area contributed by atoms with E-state index >= 15 is 0 Å². The van der Waals surface area contributed by atoms with E-state index in [1.54, 1.807) is 0 Å². The van der Waals surface area contributed by atoms with E-state index in [1.807, 2.05) is 0 Å². The van der Waals surface area contributed by atoms with Crippen LogP contribution in [0.15, 0.2) is 33.6 Å². The number of amides is 2. The van der Waals surface area contributed by atoms with Crippen molar-refractivity contribution in [1.29, 1.82) is 0 Å². The molecule has 1 unspecified atom stereocenters. The molecule has 0 radical (unpaired) electrons. The molecule has 3 rings (SSSR count). The predicted molar refractivity (Wildman–Crippen MR) is 92.1 cm³/mol. The Labute approximate surface area is 156 Å². The number of fused-ring (bicyclic) bond motifs is 1. The molecule has 1 aromatic heterocycles. The minimum atomic E-state index is -1.24. The second kappa shape index (κ2) is 7.11. The number of aliphatic carboxylic acids is 1. The first-order chi connectivity index (χ1) is 12.9. The van der Waals surface area contributed by atoms with E-state index in [-0.39, 0.29) is 23.2 Å². The van der Waals surface area contributed by atoms with Gasteiger partial charge >= 0.3 is 12.0 Å². The van der Waals surface area contributed by atoms with Crippen molar-refractivity contribution in [2.75, 3.05) is 18.6 Å². The van der Waals surface area contributed by atoms with Crippen LogP contribution in [-0.2, 0) is 19.2 Å². The molecule has 0 spiro atoms. The van der Waals surface area contributed by atoms with E-state index in [2.05, 4.69) is 36.6 Å². The number of carboxylic acids is 1. The molecule has 2 atom stereocenters. The molecular formula is C14H14N6O6S. The van der Waals surface area contributed by atoms with Crippen LogP contribution in [0.3, 0.4) is 0 Å². The van der Waals surface area contributed by atoms with Gasteiger partial charge in [0.1, 0.15) is 24.2 Å². The Morgan fingerprint density at radius 2 is 2.33 bits per heavy atom. The van der Waals surface area contributed by atoms with Crippen LogP contribution in [0.25, 0.3) is 0 Å². The topological polar surface area (TPSA) is 173 Å². The van der Waals surface area contributed by atoms with E-state index in [4.69, 9.17) is 5.73 Å². The third kappa shape index (κ3) is 3.12. The smallest absolute Gasteiger partial charge is 0.352 e. The highest BCUT2D eigenvalue weighted by Crippen LogP contribution is 2.40. The number of nitrogens with two attached hydrogens (primary N) is 1. The normalized spacial score (nSPS) is 22.0. The van der Waals surface area contributed by atoms with Crippen molar-refractivity contribution in [3.05, 3.63) is 29.7 Å². The second-order valence-corrected chi connectivity index (χ2v) is 6.43. The average Bonchev–Trinajstić information content (AvgIpc) is 3.08. The molecule has 1 saturated heterocycles. The zero-order valence-electron chi connectivity index (χ0n) is 13.9. The van der Waals surface area contributed by atoms with Gasteiger partial charge in [-0.05, 0) is 5.57 Å². The van der Waals surface area contributed by atoms with Crippen LogP contribution in [0.1, 0.15) is 5.82 Å². The number of carbonyl (C=O) groups excluding carboxylic acids is 2. The van der Waals surface area contributed by atoms with Gasteiger partial charge in [0.2, 0.25) is 11.5 Å². The van der Waals surface area contributed by atoms with Gasteiger partial charge in [-0.25, -0.2) is 4.79 Å². The van der Waals surface area contributed by atoms with Gasteiger partial charge in [-0.3, -0.25) is 14.5 Å². The van der Waals surface area contributed by atoms with Gasteiger partial charge in [0, 0.05) is 5.75 Å². The van der Waals surface area contributed by atoms with E-state index in [1.165, 1.54) is 24.9 Å². The molecule has 0 aliphatic carbocycles. The van der Waals surface area contributed by atoms with Crippen LogP contribution in [0.5, 0.6) is 0 Å². The average molecular weight is 394 g/mol. The summed E-state index contributed by atoms with van der Waals surface area (Å²) in [6, 6.07) is -1.22. The number of hydrogen-bond acceptors (Lipinski definition) is 10. The van der Waals surface area contributed by atoms with Crippen molar-refractivity contribution < 1.29 is 28.9 Å². The zero-order valence-corrected chi connectivity index (χ0v) is 14.7. The number of nitrogens with zero attached hydrogens (tertiary/aromatic N) is 4. The number of carbonyl (C=O) groups is 3. The van der Waals surface area contributed by atoms with Crippen LogP contribution in [-0.4, -0.2) is 67.9 Å². The molecule has 1 aromatic rings. The molecule has 4 N–H and O–H groups in total. The summed E-state index contributed by atoms with van der Waals surface area (Å²) >= 11 is 1.30. The SMILES string of the molecule is C=CC1=C(C(=O)O)N2C(=O)C(NC(=O)C(=NOC)c3noc(N)n3)[C@@H]2SC1. The fraction of sp³-hybridized carbons (Fsp3) is 0.286. The van der Waals surface area contributed by atoms with Crippen molar-refractivity contribution in [2.24, 2.45) is 5.16 Å². The summed E-state index contributed by atoms with van der Waals surface area (Å²) in [6.07, 6.45) is 1.40. The zero-order chi connectivity index (χ0) is 19.7. The molecule has 0 aromatic carbocycles. The molecule has 0 saturated carbocycles. The number of rotatable bonds is 6. The number of thioether (sulfide) groups is 1. The number of nitrogen functional groups attached to an aromatic ring is 1. The first-order valence-corrected chi connectivity index (χ1v) is 8.49. The fourth-order valence-corrected chi connectivity index (χ4v) is 3.96. The second-order valence-electron chi connectivity index (χ2n) is 5.32. The number of anilines is 1. The molecule has 3 heterocycles. The molecule has 2 aliphatic rings. The third-order valence-corrected chi connectivity index (χ3v) is 5.09. The lowest BCUT2D eigenvalue weighted by molar-refractivity contribution is -0.150. The molecule has 27 heavy (non-hydrogen) atoms. The van der Waals surface area contributed by atoms with Gasteiger partial charge < -0.3 is 25.5 Å². The first-order valence-electron chi connectivity index (χ1n) is 7.44. The maximum absolute atomic E-state index is 12.5. The monoisotopic (exact) mass is 394 g/mol. The lowest BCUT2D eigenvalue weighted by Gasteiger charge is -2.49. The van der Waals surface area contributed by atoms with Gasteiger partial charge in [0.25, 0.3) is 11.8 Å². The van der Waals surface area contributed by atoms with Crippen molar-refractivity contribution in [3.63, 3.8) is 0 Å². The summed E-state index contributed by atoms with van der Waals surface area (Å²) in [5, 5.41) is 18.3. The number of β-lactam (4-membered cyclic amide) rings is 1. The molecule has 142 valence electrons. The molecule has 0 bridgehead atoms. The van der Waals surface area contributed by atoms with Crippen molar-refractivity contribution in [1.82, 2.24) is 20.4 Å². The minimum absolute atomic E-state index is 0.138. The summed E-state index contributed by atoms with van der Waals surface area (Å²) in [4.78, 5) is 45.9. The van der Waals surface area contributed by atoms with Crippen molar-refractivity contribution in [3.8, 4) is 0 Å². The van der Waals surface area contributed by atoms with Crippen LogP contribution in [0, 0.1) is 0 Å². The maximum Gasteiger partial charge on any atom is 0.352 e. The van der Waals surface area contributed by atoms with Gasteiger partial charge in [0.05, 0.1) is 0 Å². The third-order valence-electron chi connectivity index (χ3n) is 3.78. The van der Waals surface area contributed by atoms with Crippen LogP contribution in [0.2, 0.25) is 0 Å².